The van der Waals surface area contributed by atoms with Crippen molar-refractivity contribution < 1.29 is 4.42 Å². The molecule has 0 saturated carbocycles. The maximum atomic E-state index is 6.45. The molecule has 0 saturated heterocycles. The van der Waals surface area contributed by atoms with Gasteiger partial charge in [0.2, 0.25) is 5.89 Å². The average Bonchev–Trinajstić information content (AvgIpc) is 3.62. The highest BCUT2D eigenvalue weighted by atomic mass is 16.3. The second-order valence-corrected chi connectivity index (χ2v) is 12.0. The topological polar surface area (TPSA) is 29.3 Å². The van der Waals surface area contributed by atoms with Crippen molar-refractivity contribution >= 4 is 49.7 Å². The van der Waals surface area contributed by atoms with E-state index in [2.05, 4.69) is 150 Å². The van der Waals surface area contributed by atoms with Crippen LogP contribution in [0.4, 0.5) is 17.1 Å². The number of hydrogen-bond acceptors (Lipinski definition) is 3. The number of nitrogens with zero attached hydrogens (tertiary/aromatic N) is 2. The number of rotatable bonds is 6. The SMILES string of the molecule is c1ccc(-c2nc3c(-c4ccc(N(c5ccccc5)c5ccc(-c6ccc7ccccc7c6)cc5)cc4)cc4ccccc4c3o2)cc1. The summed E-state index contributed by atoms with van der Waals surface area (Å²) in [5.74, 6) is 0.627. The van der Waals surface area contributed by atoms with Crippen LogP contribution in [0.3, 0.4) is 0 Å². The molecule has 0 aliphatic carbocycles. The van der Waals surface area contributed by atoms with Crippen LogP contribution in [0.5, 0.6) is 0 Å². The Hall–Kier alpha value is -6.45. The van der Waals surface area contributed by atoms with Crippen LogP contribution in [0.25, 0.3) is 66.4 Å². The number of anilines is 3. The highest BCUT2D eigenvalue weighted by molar-refractivity contribution is 6.10. The lowest BCUT2D eigenvalue weighted by Gasteiger charge is -2.26. The van der Waals surface area contributed by atoms with Crippen LogP contribution in [0, 0.1) is 0 Å². The molecule has 3 heteroatoms. The summed E-state index contributed by atoms with van der Waals surface area (Å²) in [4.78, 5) is 7.33. The fraction of sp³-hybridized carbons (Fsp3) is 0. The van der Waals surface area contributed by atoms with E-state index >= 15 is 0 Å². The Morgan fingerprint density at radius 3 is 1.69 bits per heavy atom. The monoisotopic (exact) mass is 614 g/mol. The van der Waals surface area contributed by atoms with E-state index in [4.69, 9.17) is 9.40 Å². The van der Waals surface area contributed by atoms with Gasteiger partial charge in [-0.3, -0.25) is 0 Å². The number of aromatic nitrogens is 1. The molecule has 0 N–H and O–H groups in total. The highest BCUT2D eigenvalue weighted by Gasteiger charge is 2.18. The smallest absolute Gasteiger partial charge is 0.227 e. The van der Waals surface area contributed by atoms with Crippen molar-refractivity contribution in [3.63, 3.8) is 0 Å². The van der Waals surface area contributed by atoms with Crippen LogP contribution in [-0.4, -0.2) is 4.98 Å². The predicted octanol–water partition coefficient (Wildman–Crippen LogP) is 12.6. The number of fused-ring (bicyclic) bond motifs is 4. The zero-order chi connectivity index (χ0) is 31.9. The lowest BCUT2D eigenvalue weighted by Crippen LogP contribution is -2.09. The fourth-order valence-electron chi connectivity index (χ4n) is 6.65. The number of benzene rings is 8. The van der Waals surface area contributed by atoms with Crippen LogP contribution in [0.15, 0.2) is 186 Å². The van der Waals surface area contributed by atoms with E-state index in [1.165, 1.54) is 21.9 Å². The molecule has 0 amide bonds. The van der Waals surface area contributed by atoms with Gasteiger partial charge in [0, 0.05) is 33.6 Å². The van der Waals surface area contributed by atoms with E-state index in [1.807, 2.05) is 36.4 Å². The van der Waals surface area contributed by atoms with Crippen LogP contribution < -0.4 is 4.90 Å². The summed E-state index contributed by atoms with van der Waals surface area (Å²) in [7, 11) is 0. The van der Waals surface area contributed by atoms with Crippen molar-refractivity contribution in [2.75, 3.05) is 4.90 Å². The molecule has 0 aliphatic rings. The van der Waals surface area contributed by atoms with Gasteiger partial charge in [0.1, 0.15) is 5.52 Å². The van der Waals surface area contributed by atoms with Gasteiger partial charge >= 0.3 is 0 Å². The molecule has 0 fully saturated rings. The minimum absolute atomic E-state index is 0.627. The zero-order valence-electron chi connectivity index (χ0n) is 26.1. The minimum Gasteiger partial charge on any atom is -0.435 e. The first kappa shape index (κ1) is 27.8. The summed E-state index contributed by atoms with van der Waals surface area (Å²) >= 11 is 0. The second-order valence-electron chi connectivity index (χ2n) is 12.0. The van der Waals surface area contributed by atoms with Gasteiger partial charge in [-0.25, -0.2) is 4.98 Å². The molecular formula is C45H30N2O. The maximum Gasteiger partial charge on any atom is 0.227 e. The largest absolute Gasteiger partial charge is 0.435 e. The Bertz CT molecular complexity index is 2540. The normalized spacial score (nSPS) is 11.3. The first-order valence-corrected chi connectivity index (χ1v) is 16.2. The minimum atomic E-state index is 0.627. The fourth-order valence-corrected chi connectivity index (χ4v) is 6.65. The summed E-state index contributed by atoms with van der Waals surface area (Å²) in [5.41, 5.74) is 10.4. The van der Waals surface area contributed by atoms with E-state index < -0.39 is 0 Å². The highest BCUT2D eigenvalue weighted by Crippen LogP contribution is 2.40. The van der Waals surface area contributed by atoms with Gasteiger partial charge in [-0.15, -0.1) is 0 Å². The quantitative estimate of drug-likeness (QED) is 0.187. The summed E-state index contributed by atoms with van der Waals surface area (Å²) in [6.45, 7) is 0. The van der Waals surface area contributed by atoms with E-state index in [1.54, 1.807) is 0 Å². The lowest BCUT2D eigenvalue weighted by atomic mass is 9.99. The van der Waals surface area contributed by atoms with Crippen LogP contribution in [-0.2, 0) is 0 Å². The second kappa shape index (κ2) is 11.7. The molecule has 1 aromatic heterocycles. The molecule has 0 spiro atoms. The van der Waals surface area contributed by atoms with Gasteiger partial charge in [-0.1, -0.05) is 121 Å². The summed E-state index contributed by atoms with van der Waals surface area (Å²) in [6, 6.07) is 64.0. The molecule has 0 atom stereocenters. The molecule has 9 rings (SSSR count). The summed E-state index contributed by atoms with van der Waals surface area (Å²) in [6.07, 6.45) is 0. The molecule has 8 aromatic carbocycles. The number of hydrogen-bond donors (Lipinski definition) is 0. The third-order valence-corrected chi connectivity index (χ3v) is 9.07. The molecule has 0 aliphatic heterocycles. The number of para-hydroxylation sites is 1. The van der Waals surface area contributed by atoms with Gasteiger partial charge in [-0.2, -0.15) is 0 Å². The Morgan fingerprint density at radius 2 is 0.958 bits per heavy atom. The third-order valence-electron chi connectivity index (χ3n) is 9.07. The summed E-state index contributed by atoms with van der Waals surface area (Å²) < 4.78 is 6.45. The molecule has 226 valence electrons. The lowest BCUT2D eigenvalue weighted by molar-refractivity contribution is 0.623. The van der Waals surface area contributed by atoms with Gasteiger partial charge in [0.05, 0.1) is 0 Å². The van der Waals surface area contributed by atoms with Crippen molar-refractivity contribution in [3.05, 3.63) is 182 Å². The van der Waals surface area contributed by atoms with Crippen molar-refractivity contribution in [3.8, 4) is 33.7 Å². The van der Waals surface area contributed by atoms with Gasteiger partial charge < -0.3 is 9.32 Å². The van der Waals surface area contributed by atoms with Crippen molar-refractivity contribution in [2.24, 2.45) is 0 Å². The van der Waals surface area contributed by atoms with Gasteiger partial charge in [0.25, 0.3) is 0 Å². The van der Waals surface area contributed by atoms with Crippen LogP contribution in [0.2, 0.25) is 0 Å². The molecule has 0 bridgehead atoms. The van der Waals surface area contributed by atoms with Gasteiger partial charge in [0.15, 0.2) is 5.58 Å². The molecule has 1 heterocycles. The van der Waals surface area contributed by atoms with Crippen molar-refractivity contribution in [1.82, 2.24) is 4.98 Å². The van der Waals surface area contributed by atoms with Gasteiger partial charge in [-0.05, 0) is 93.5 Å². The van der Waals surface area contributed by atoms with Crippen LogP contribution >= 0.6 is 0 Å². The molecule has 0 radical (unpaired) electrons. The molecule has 9 aromatic rings. The molecular weight excluding hydrogens is 585 g/mol. The van der Waals surface area contributed by atoms with Crippen molar-refractivity contribution in [1.29, 1.82) is 0 Å². The van der Waals surface area contributed by atoms with E-state index in [0.717, 1.165) is 55.6 Å². The van der Waals surface area contributed by atoms with E-state index in [0.29, 0.717) is 5.89 Å². The Balaban J connectivity index is 1.11. The van der Waals surface area contributed by atoms with E-state index in [-0.39, 0.29) is 0 Å². The first-order chi connectivity index (χ1) is 23.8. The predicted molar refractivity (Wildman–Crippen MR) is 200 cm³/mol. The molecule has 48 heavy (non-hydrogen) atoms. The third kappa shape index (κ3) is 4.99. The zero-order valence-corrected chi connectivity index (χ0v) is 26.1. The Kier molecular flexibility index (Phi) is 6.80. The standard InChI is InChI=1S/C45H30N2O/c1-3-12-34(13-4-1)45-46-43-42(30-37-15-9-10-18-41(37)44(43)48-45)33-23-27-40(28-24-33)47(38-16-5-2-6-17-38)39-25-21-32(22-26-39)36-20-19-31-11-7-8-14-35(31)29-36/h1-30H. The maximum absolute atomic E-state index is 6.45. The van der Waals surface area contributed by atoms with Crippen LogP contribution in [0.1, 0.15) is 0 Å². The Morgan fingerprint density at radius 1 is 0.396 bits per heavy atom. The number of oxazole rings is 1. The average molecular weight is 615 g/mol. The summed E-state index contributed by atoms with van der Waals surface area (Å²) in [5, 5.41) is 4.68. The molecule has 3 nitrogen and oxygen atoms in total. The van der Waals surface area contributed by atoms with E-state index in [9.17, 15) is 0 Å². The Labute approximate surface area is 279 Å². The van der Waals surface area contributed by atoms with Crippen molar-refractivity contribution in [2.45, 2.75) is 0 Å². The molecule has 0 unspecified atom stereocenters. The first-order valence-electron chi connectivity index (χ1n) is 16.2.